The van der Waals surface area contributed by atoms with Crippen molar-refractivity contribution in [3.05, 3.63) is 42.0 Å². The van der Waals surface area contributed by atoms with E-state index in [1.807, 2.05) is 0 Å². The molecular weight excluding hydrogens is 276 g/mol. The van der Waals surface area contributed by atoms with E-state index in [0.717, 1.165) is 17.8 Å². The molecule has 1 saturated carbocycles. The predicted octanol–water partition coefficient (Wildman–Crippen LogP) is 7.26. The van der Waals surface area contributed by atoms with Crippen LogP contribution in [-0.4, -0.2) is 0 Å². The molecule has 0 spiro atoms. The van der Waals surface area contributed by atoms with Gasteiger partial charge in [-0.05, 0) is 54.6 Å². The van der Waals surface area contributed by atoms with Gasteiger partial charge in [0.2, 0.25) is 0 Å². The lowest BCUT2D eigenvalue weighted by atomic mass is 9.76. The molecule has 0 saturated heterocycles. The molecule has 0 nitrogen and oxygen atoms in total. The number of hydrogen-bond donors (Lipinski definition) is 0. The van der Waals surface area contributed by atoms with Crippen LogP contribution in [-0.2, 0) is 0 Å². The molecule has 1 unspecified atom stereocenters. The lowest BCUT2D eigenvalue weighted by Crippen LogP contribution is -2.16. The van der Waals surface area contributed by atoms with Gasteiger partial charge in [-0.3, -0.25) is 0 Å². The van der Waals surface area contributed by atoms with E-state index in [0.29, 0.717) is 0 Å². The summed E-state index contributed by atoms with van der Waals surface area (Å²) < 4.78 is 0. The fourth-order valence-corrected chi connectivity index (χ4v) is 4.75. The molecule has 23 heavy (non-hydrogen) atoms. The van der Waals surface area contributed by atoms with Gasteiger partial charge in [-0.2, -0.15) is 0 Å². The Morgan fingerprint density at radius 2 is 1.43 bits per heavy atom. The zero-order valence-corrected chi connectivity index (χ0v) is 15.0. The van der Waals surface area contributed by atoms with Crippen molar-refractivity contribution in [2.45, 2.75) is 77.6 Å². The van der Waals surface area contributed by atoms with Crippen molar-refractivity contribution in [1.29, 1.82) is 0 Å². The van der Waals surface area contributed by atoms with Gasteiger partial charge in [0.05, 0.1) is 0 Å². The van der Waals surface area contributed by atoms with E-state index >= 15 is 0 Å². The van der Waals surface area contributed by atoms with Crippen molar-refractivity contribution in [3.63, 3.8) is 0 Å². The van der Waals surface area contributed by atoms with Gasteiger partial charge < -0.3 is 0 Å². The molecule has 0 amide bonds. The van der Waals surface area contributed by atoms with Crippen LogP contribution in [0.25, 0.3) is 5.57 Å². The molecule has 0 N–H and O–H groups in total. The summed E-state index contributed by atoms with van der Waals surface area (Å²) in [5.41, 5.74) is 3.03. The van der Waals surface area contributed by atoms with Crippen LogP contribution < -0.4 is 0 Å². The van der Waals surface area contributed by atoms with Crippen molar-refractivity contribution in [2.24, 2.45) is 17.8 Å². The molecule has 0 aliphatic heterocycles. The van der Waals surface area contributed by atoms with E-state index in [1.54, 1.807) is 5.57 Å². The fraction of sp³-hybridized carbons (Fsp3) is 0.652. The number of rotatable bonds is 6. The average molecular weight is 311 g/mol. The van der Waals surface area contributed by atoms with Gasteiger partial charge in [0.1, 0.15) is 0 Å². The quantitative estimate of drug-likeness (QED) is 0.518. The first-order valence-corrected chi connectivity index (χ1v) is 10.1. The van der Waals surface area contributed by atoms with Crippen LogP contribution in [0.1, 0.15) is 83.1 Å². The van der Waals surface area contributed by atoms with Crippen molar-refractivity contribution in [3.8, 4) is 0 Å². The molecular formula is C23H34. The number of hydrogen-bond acceptors (Lipinski definition) is 0. The van der Waals surface area contributed by atoms with E-state index in [1.165, 1.54) is 76.2 Å². The van der Waals surface area contributed by atoms with E-state index in [9.17, 15) is 0 Å². The zero-order chi connectivity index (χ0) is 15.9. The molecule has 1 fully saturated rings. The van der Waals surface area contributed by atoms with E-state index in [2.05, 4.69) is 43.3 Å². The maximum atomic E-state index is 2.53. The Balaban J connectivity index is 1.39. The normalized spacial score (nSPS) is 28.4. The van der Waals surface area contributed by atoms with Crippen molar-refractivity contribution in [1.82, 2.24) is 0 Å². The summed E-state index contributed by atoms with van der Waals surface area (Å²) in [6.45, 7) is 2.34. The molecule has 2 aliphatic rings. The summed E-state index contributed by atoms with van der Waals surface area (Å²) in [6.07, 6.45) is 18.4. The summed E-state index contributed by atoms with van der Waals surface area (Å²) in [5.74, 6) is 3.06. The molecule has 1 aromatic carbocycles. The van der Waals surface area contributed by atoms with E-state index in [-0.39, 0.29) is 0 Å². The van der Waals surface area contributed by atoms with Crippen molar-refractivity contribution < 1.29 is 0 Å². The minimum Gasteiger partial charge on any atom is -0.0804 e. The lowest BCUT2D eigenvalue weighted by Gasteiger charge is -2.30. The highest BCUT2D eigenvalue weighted by Gasteiger charge is 2.22. The molecule has 0 heteroatoms. The fourth-order valence-electron chi connectivity index (χ4n) is 4.75. The van der Waals surface area contributed by atoms with Gasteiger partial charge in [0.25, 0.3) is 0 Å². The Bertz CT molecular complexity index is 476. The van der Waals surface area contributed by atoms with Crippen LogP contribution in [0, 0.1) is 17.8 Å². The van der Waals surface area contributed by atoms with Crippen molar-refractivity contribution >= 4 is 5.57 Å². The highest BCUT2D eigenvalue weighted by atomic mass is 14.3. The molecule has 2 aliphatic carbocycles. The molecule has 1 aromatic rings. The molecule has 1 atom stereocenters. The topological polar surface area (TPSA) is 0 Å². The number of benzene rings is 1. The minimum atomic E-state index is 0.954. The Labute approximate surface area is 143 Å². The standard InChI is InChI=1S/C23H34/c1-2-6-19-9-11-20(12-10-19)13-14-21-15-17-23(18-16-21)22-7-4-3-5-8-22/h3-5,7-8,17,19-21H,2,6,9-16,18H2,1H3/t19-,20-,21?. The second kappa shape index (κ2) is 8.71. The maximum absolute atomic E-state index is 2.53. The third kappa shape index (κ3) is 4.96. The van der Waals surface area contributed by atoms with Crippen LogP contribution in [0.3, 0.4) is 0 Å². The Kier molecular flexibility index (Phi) is 6.37. The maximum Gasteiger partial charge on any atom is -0.0228 e. The SMILES string of the molecule is CCC[C@H]1CC[C@H](CCC2CC=C(c3ccccc3)CC2)CC1. The molecule has 0 heterocycles. The van der Waals surface area contributed by atoms with Crippen LogP contribution in [0.2, 0.25) is 0 Å². The molecule has 0 radical (unpaired) electrons. The highest BCUT2D eigenvalue weighted by molar-refractivity contribution is 5.66. The summed E-state index contributed by atoms with van der Waals surface area (Å²) in [6, 6.07) is 11.0. The predicted molar refractivity (Wildman–Crippen MR) is 101 cm³/mol. The Morgan fingerprint density at radius 1 is 0.783 bits per heavy atom. The third-order valence-corrected chi connectivity index (χ3v) is 6.31. The zero-order valence-electron chi connectivity index (χ0n) is 15.0. The summed E-state index contributed by atoms with van der Waals surface area (Å²) in [7, 11) is 0. The third-order valence-electron chi connectivity index (χ3n) is 6.31. The van der Waals surface area contributed by atoms with Gasteiger partial charge in [-0.1, -0.05) is 88.3 Å². The Morgan fingerprint density at radius 3 is 2.04 bits per heavy atom. The first-order valence-electron chi connectivity index (χ1n) is 10.1. The molecule has 3 rings (SSSR count). The van der Waals surface area contributed by atoms with Gasteiger partial charge >= 0.3 is 0 Å². The lowest BCUT2D eigenvalue weighted by molar-refractivity contribution is 0.237. The van der Waals surface area contributed by atoms with Gasteiger partial charge in [0.15, 0.2) is 0 Å². The molecule has 0 aromatic heterocycles. The average Bonchev–Trinajstić information content (AvgIpc) is 2.63. The Hall–Kier alpha value is -1.04. The summed E-state index contributed by atoms with van der Waals surface area (Å²) in [5, 5.41) is 0. The minimum absolute atomic E-state index is 0.954. The van der Waals surface area contributed by atoms with E-state index < -0.39 is 0 Å². The monoisotopic (exact) mass is 310 g/mol. The largest absolute Gasteiger partial charge is 0.0804 e. The first kappa shape index (κ1) is 16.8. The number of allylic oxidation sites excluding steroid dienone is 2. The second-order valence-corrected chi connectivity index (χ2v) is 7.99. The van der Waals surface area contributed by atoms with Crippen LogP contribution >= 0.6 is 0 Å². The van der Waals surface area contributed by atoms with Gasteiger partial charge in [-0.25, -0.2) is 0 Å². The summed E-state index contributed by atoms with van der Waals surface area (Å²) in [4.78, 5) is 0. The summed E-state index contributed by atoms with van der Waals surface area (Å²) >= 11 is 0. The molecule has 0 bridgehead atoms. The van der Waals surface area contributed by atoms with Crippen LogP contribution in [0.5, 0.6) is 0 Å². The first-order chi connectivity index (χ1) is 11.3. The highest BCUT2D eigenvalue weighted by Crippen LogP contribution is 2.37. The molecule has 126 valence electrons. The van der Waals surface area contributed by atoms with E-state index in [4.69, 9.17) is 0 Å². The van der Waals surface area contributed by atoms with Crippen LogP contribution in [0.15, 0.2) is 36.4 Å². The van der Waals surface area contributed by atoms with Gasteiger partial charge in [0, 0.05) is 0 Å². The smallest absolute Gasteiger partial charge is 0.0228 e. The second-order valence-electron chi connectivity index (χ2n) is 7.99. The van der Waals surface area contributed by atoms with Gasteiger partial charge in [-0.15, -0.1) is 0 Å². The van der Waals surface area contributed by atoms with Crippen molar-refractivity contribution in [2.75, 3.05) is 0 Å². The van der Waals surface area contributed by atoms with Crippen LogP contribution in [0.4, 0.5) is 0 Å².